The standard InChI is InChI=1S/C28H25NO/c1-28(2,22-14-8-4-9-15-22)26-19-18-24(21-12-6-3-7-13-21)25(27(26)30)20-29-23-16-10-5-11-17-23/h3-20,30H,1-2H3. The summed E-state index contributed by atoms with van der Waals surface area (Å²) in [5, 5.41) is 11.4. The molecule has 0 heterocycles. The monoisotopic (exact) mass is 391 g/mol. The fourth-order valence-corrected chi connectivity index (χ4v) is 3.78. The molecule has 0 saturated carbocycles. The Morgan fingerprint density at radius 2 is 1.27 bits per heavy atom. The van der Waals surface area contributed by atoms with Gasteiger partial charge >= 0.3 is 0 Å². The van der Waals surface area contributed by atoms with Crippen molar-refractivity contribution < 1.29 is 5.11 Å². The van der Waals surface area contributed by atoms with Gasteiger partial charge in [-0.05, 0) is 28.8 Å². The Labute approximate surface area is 178 Å². The van der Waals surface area contributed by atoms with Crippen LogP contribution >= 0.6 is 0 Å². The average molecular weight is 392 g/mol. The van der Waals surface area contributed by atoms with E-state index in [1.54, 1.807) is 6.21 Å². The minimum absolute atomic E-state index is 0.268. The van der Waals surface area contributed by atoms with Crippen LogP contribution in [0.2, 0.25) is 0 Å². The first kappa shape index (κ1) is 19.7. The molecule has 0 aliphatic rings. The first-order chi connectivity index (χ1) is 14.6. The number of phenols is 1. The molecule has 0 amide bonds. The number of rotatable bonds is 5. The van der Waals surface area contributed by atoms with E-state index in [1.807, 2.05) is 72.8 Å². The van der Waals surface area contributed by atoms with Crippen LogP contribution in [0.3, 0.4) is 0 Å². The van der Waals surface area contributed by atoms with Gasteiger partial charge in [-0.1, -0.05) is 105 Å². The Kier molecular flexibility index (Phi) is 5.49. The molecule has 4 rings (SSSR count). The molecule has 0 fully saturated rings. The van der Waals surface area contributed by atoms with Crippen molar-refractivity contribution in [3.63, 3.8) is 0 Å². The zero-order valence-electron chi connectivity index (χ0n) is 17.3. The fourth-order valence-electron chi connectivity index (χ4n) is 3.78. The van der Waals surface area contributed by atoms with E-state index in [-0.39, 0.29) is 11.2 Å². The normalized spacial score (nSPS) is 11.7. The van der Waals surface area contributed by atoms with E-state index >= 15 is 0 Å². The third-order valence-corrected chi connectivity index (χ3v) is 5.57. The van der Waals surface area contributed by atoms with Crippen molar-refractivity contribution in [2.45, 2.75) is 19.3 Å². The molecule has 2 heteroatoms. The second-order valence-corrected chi connectivity index (χ2v) is 7.87. The number of hydrogen-bond donors (Lipinski definition) is 1. The highest BCUT2D eigenvalue weighted by molar-refractivity contribution is 5.95. The summed E-state index contributed by atoms with van der Waals surface area (Å²) in [6, 6.07) is 34.3. The smallest absolute Gasteiger partial charge is 0.129 e. The van der Waals surface area contributed by atoms with Gasteiger partial charge in [-0.3, -0.25) is 4.99 Å². The van der Waals surface area contributed by atoms with Gasteiger partial charge in [0.15, 0.2) is 0 Å². The highest BCUT2D eigenvalue weighted by Crippen LogP contribution is 2.41. The van der Waals surface area contributed by atoms with Crippen molar-refractivity contribution in [2.24, 2.45) is 4.99 Å². The quantitative estimate of drug-likeness (QED) is 0.360. The molecular formula is C28H25NO. The number of aliphatic imine (C=N–C) groups is 1. The lowest BCUT2D eigenvalue weighted by atomic mass is 9.76. The van der Waals surface area contributed by atoms with E-state index in [4.69, 9.17) is 0 Å². The molecule has 0 bridgehead atoms. The number of hydrogen-bond acceptors (Lipinski definition) is 2. The summed E-state index contributed by atoms with van der Waals surface area (Å²) < 4.78 is 0. The van der Waals surface area contributed by atoms with Crippen molar-refractivity contribution in [1.82, 2.24) is 0 Å². The van der Waals surface area contributed by atoms with Crippen LogP contribution in [0.25, 0.3) is 11.1 Å². The van der Waals surface area contributed by atoms with Gasteiger partial charge in [0.25, 0.3) is 0 Å². The summed E-state index contributed by atoms with van der Waals surface area (Å²) >= 11 is 0. The zero-order valence-corrected chi connectivity index (χ0v) is 17.3. The lowest BCUT2D eigenvalue weighted by Crippen LogP contribution is -2.19. The van der Waals surface area contributed by atoms with Crippen molar-refractivity contribution >= 4 is 11.9 Å². The molecule has 1 N–H and O–H groups in total. The molecule has 0 aliphatic carbocycles. The molecule has 0 unspecified atom stereocenters. The van der Waals surface area contributed by atoms with Gasteiger partial charge in [-0.25, -0.2) is 0 Å². The number of nitrogens with zero attached hydrogens (tertiary/aromatic N) is 1. The molecule has 0 spiro atoms. The van der Waals surface area contributed by atoms with Crippen LogP contribution in [0.15, 0.2) is 108 Å². The summed E-state index contributed by atoms with van der Waals surface area (Å²) in [6.45, 7) is 4.27. The molecule has 0 atom stereocenters. The van der Waals surface area contributed by atoms with Gasteiger partial charge < -0.3 is 5.11 Å². The highest BCUT2D eigenvalue weighted by atomic mass is 16.3. The number of benzene rings is 4. The molecule has 30 heavy (non-hydrogen) atoms. The maximum atomic E-state index is 11.4. The Balaban J connectivity index is 1.88. The van der Waals surface area contributed by atoms with Gasteiger partial charge in [0.2, 0.25) is 0 Å². The number of para-hydroxylation sites is 1. The van der Waals surface area contributed by atoms with Crippen LogP contribution in [-0.2, 0) is 5.41 Å². The van der Waals surface area contributed by atoms with Crippen LogP contribution in [0.4, 0.5) is 5.69 Å². The third kappa shape index (κ3) is 3.90. The average Bonchev–Trinajstić information content (AvgIpc) is 2.80. The van der Waals surface area contributed by atoms with E-state index < -0.39 is 0 Å². The second kappa shape index (κ2) is 8.38. The summed E-state index contributed by atoms with van der Waals surface area (Å²) in [5.74, 6) is 0.268. The van der Waals surface area contributed by atoms with E-state index in [1.165, 1.54) is 0 Å². The molecule has 0 aromatic heterocycles. The van der Waals surface area contributed by atoms with Crippen LogP contribution in [0.5, 0.6) is 5.75 Å². The molecule has 4 aromatic carbocycles. The van der Waals surface area contributed by atoms with Crippen molar-refractivity contribution in [3.05, 3.63) is 120 Å². The predicted molar refractivity (Wildman–Crippen MR) is 126 cm³/mol. The van der Waals surface area contributed by atoms with Crippen molar-refractivity contribution in [2.75, 3.05) is 0 Å². The summed E-state index contributed by atoms with van der Waals surface area (Å²) in [5.41, 5.74) is 5.26. The van der Waals surface area contributed by atoms with Crippen LogP contribution in [0, 0.1) is 0 Å². The van der Waals surface area contributed by atoms with E-state index in [0.717, 1.165) is 33.5 Å². The fraction of sp³-hybridized carbons (Fsp3) is 0.107. The van der Waals surface area contributed by atoms with E-state index in [0.29, 0.717) is 0 Å². The van der Waals surface area contributed by atoms with Crippen molar-refractivity contribution in [3.8, 4) is 16.9 Å². The van der Waals surface area contributed by atoms with Gasteiger partial charge in [0.05, 0.1) is 5.69 Å². The first-order valence-electron chi connectivity index (χ1n) is 10.1. The lowest BCUT2D eigenvalue weighted by Gasteiger charge is -2.28. The van der Waals surface area contributed by atoms with Crippen LogP contribution in [-0.4, -0.2) is 11.3 Å². The SMILES string of the molecule is CC(C)(c1ccccc1)c1ccc(-c2ccccc2)c(C=Nc2ccccc2)c1O. The van der Waals surface area contributed by atoms with Gasteiger partial charge in [0, 0.05) is 22.8 Å². The maximum absolute atomic E-state index is 11.4. The summed E-state index contributed by atoms with van der Waals surface area (Å²) in [4.78, 5) is 4.63. The molecule has 148 valence electrons. The highest BCUT2D eigenvalue weighted by Gasteiger charge is 2.28. The topological polar surface area (TPSA) is 32.6 Å². The lowest BCUT2D eigenvalue weighted by molar-refractivity contribution is 0.452. The van der Waals surface area contributed by atoms with Crippen LogP contribution in [0.1, 0.15) is 30.5 Å². The Bertz CT molecular complexity index is 1150. The van der Waals surface area contributed by atoms with Crippen molar-refractivity contribution in [1.29, 1.82) is 0 Å². The summed E-state index contributed by atoms with van der Waals surface area (Å²) in [6.07, 6.45) is 1.78. The largest absolute Gasteiger partial charge is 0.507 e. The third-order valence-electron chi connectivity index (χ3n) is 5.57. The van der Waals surface area contributed by atoms with Gasteiger partial charge in [0.1, 0.15) is 5.75 Å². The minimum atomic E-state index is -0.351. The Hall–Kier alpha value is -3.65. The first-order valence-corrected chi connectivity index (χ1v) is 10.1. The Morgan fingerprint density at radius 1 is 0.700 bits per heavy atom. The van der Waals surface area contributed by atoms with Crippen LogP contribution < -0.4 is 0 Å². The van der Waals surface area contributed by atoms with Gasteiger partial charge in [-0.15, -0.1) is 0 Å². The predicted octanol–water partition coefficient (Wildman–Crippen LogP) is 7.14. The van der Waals surface area contributed by atoms with E-state index in [9.17, 15) is 5.11 Å². The second-order valence-electron chi connectivity index (χ2n) is 7.87. The molecule has 0 radical (unpaired) electrons. The zero-order chi connectivity index (χ0) is 21.0. The summed E-state index contributed by atoms with van der Waals surface area (Å²) in [7, 11) is 0. The molecule has 2 nitrogen and oxygen atoms in total. The minimum Gasteiger partial charge on any atom is -0.507 e. The van der Waals surface area contributed by atoms with E-state index in [2.05, 4.69) is 49.2 Å². The molecule has 4 aromatic rings. The maximum Gasteiger partial charge on any atom is 0.129 e. The number of phenolic OH excluding ortho intramolecular Hbond substituents is 1. The molecule has 0 aliphatic heterocycles. The van der Waals surface area contributed by atoms with Gasteiger partial charge in [-0.2, -0.15) is 0 Å². The molecule has 0 saturated heterocycles. The molecular weight excluding hydrogens is 366 g/mol. The Morgan fingerprint density at radius 3 is 1.90 bits per heavy atom. The number of aromatic hydroxyl groups is 1.